The Morgan fingerprint density at radius 3 is 2.21 bits per heavy atom. The largest absolute Gasteiger partial charge is 0.481 e. The summed E-state index contributed by atoms with van der Waals surface area (Å²) in [6.07, 6.45) is -0.616. The maximum absolute atomic E-state index is 12.6. The van der Waals surface area contributed by atoms with Gasteiger partial charge in [-0.3, -0.25) is 4.79 Å². The van der Waals surface area contributed by atoms with Gasteiger partial charge in [0.1, 0.15) is 5.75 Å². The predicted octanol–water partition coefficient (Wildman–Crippen LogP) is 2.44. The molecule has 1 unspecified atom stereocenters. The van der Waals surface area contributed by atoms with Crippen LogP contribution in [0.5, 0.6) is 5.75 Å². The maximum Gasteiger partial charge on any atom is 0.263 e. The van der Waals surface area contributed by atoms with E-state index in [9.17, 15) is 13.2 Å². The van der Waals surface area contributed by atoms with Crippen LogP contribution in [0.4, 0.5) is 0 Å². The first-order valence-electron chi connectivity index (χ1n) is 9.39. The molecule has 2 aromatic rings. The average Bonchev–Trinajstić information content (AvgIpc) is 2.69. The number of nitrogens with zero attached hydrogens (tertiary/aromatic N) is 2. The number of rotatable bonds is 6. The first-order chi connectivity index (χ1) is 13.3. The number of benzene rings is 2. The van der Waals surface area contributed by atoms with E-state index in [0.717, 1.165) is 11.1 Å². The van der Waals surface area contributed by atoms with E-state index in [-0.39, 0.29) is 11.7 Å². The zero-order valence-corrected chi connectivity index (χ0v) is 17.1. The lowest BCUT2D eigenvalue weighted by Crippen LogP contribution is -2.53. The van der Waals surface area contributed by atoms with Gasteiger partial charge in [-0.2, -0.15) is 4.31 Å². The smallest absolute Gasteiger partial charge is 0.263 e. The Hall–Kier alpha value is -2.38. The second-order valence-corrected chi connectivity index (χ2v) is 9.01. The van der Waals surface area contributed by atoms with Crippen LogP contribution in [-0.4, -0.2) is 55.8 Å². The van der Waals surface area contributed by atoms with Gasteiger partial charge in [0.2, 0.25) is 10.0 Å². The minimum Gasteiger partial charge on any atom is -0.481 e. The normalized spacial score (nSPS) is 16.6. The van der Waals surface area contributed by atoms with Gasteiger partial charge < -0.3 is 9.64 Å². The number of hydrogen-bond acceptors (Lipinski definition) is 4. The fourth-order valence-electron chi connectivity index (χ4n) is 3.19. The Morgan fingerprint density at radius 2 is 1.61 bits per heavy atom. The van der Waals surface area contributed by atoms with Gasteiger partial charge in [0.05, 0.1) is 5.75 Å². The summed E-state index contributed by atoms with van der Waals surface area (Å²) in [5.41, 5.74) is 1.89. The molecule has 1 amide bonds. The molecule has 0 N–H and O–H groups in total. The Kier molecular flexibility index (Phi) is 6.36. The van der Waals surface area contributed by atoms with Crippen LogP contribution in [0.25, 0.3) is 0 Å². The van der Waals surface area contributed by atoms with Crippen molar-refractivity contribution in [2.24, 2.45) is 0 Å². The highest BCUT2D eigenvalue weighted by Gasteiger charge is 2.31. The maximum atomic E-state index is 12.6. The van der Waals surface area contributed by atoms with Gasteiger partial charge in [0.15, 0.2) is 6.10 Å². The lowest BCUT2D eigenvalue weighted by Gasteiger charge is -2.35. The summed E-state index contributed by atoms with van der Waals surface area (Å²) in [7, 11) is -3.39. The van der Waals surface area contributed by atoms with E-state index in [0.29, 0.717) is 31.9 Å². The van der Waals surface area contributed by atoms with Crippen LogP contribution < -0.4 is 4.74 Å². The van der Waals surface area contributed by atoms with Crippen molar-refractivity contribution in [1.29, 1.82) is 0 Å². The van der Waals surface area contributed by atoms with Crippen molar-refractivity contribution in [3.05, 3.63) is 65.7 Å². The van der Waals surface area contributed by atoms with E-state index >= 15 is 0 Å². The highest BCUT2D eigenvalue weighted by Crippen LogP contribution is 2.17. The molecular formula is C21H26N2O4S. The van der Waals surface area contributed by atoms with Crippen LogP contribution in [0, 0.1) is 6.92 Å². The summed E-state index contributed by atoms with van der Waals surface area (Å²) >= 11 is 0. The lowest BCUT2D eigenvalue weighted by atomic mass is 10.2. The number of carbonyl (C=O) groups is 1. The van der Waals surface area contributed by atoms with Crippen molar-refractivity contribution in [2.75, 3.05) is 26.2 Å². The molecule has 1 heterocycles. The van der Waals surface area contributed by atoms with Crippen molar-refractivity contribution >= 4 is 15.9 Å². The van der Waals surface area contributed by atoms with Gasteiger partial charge in [-0.1, -0.05) is 48.0 Å². The molecule has 3 rings (SSSR count). The summed E-state index contributed by atoms with van der Waals surface area (Å²) < 4.78 is 32.5. The lowest BCUT2D eigenvalue weighted by molar-refractivity contribution is -0.139. The van der Waals surface area contributed by atoms with Gasteiger partial charge in [-0.25, -0.2) is 8.42 Å². The number of piperazine rings is 1. The molecule has 6 nitrogen and oxygen atoms in total. The minimum absolute atomic E-state index is 0.0191. The predicted molar refractivity (Wildman–Crippen MR) is 108 cm³/mol. The van der Waals surface area contributed by atoms with Crippen LogP contribution in [0.2, 0.25) is 0 Å². The molecule has 0 aliphatic carbocycles. The fourth-order valence-corrected chi connectivity index (χ4v) is 4.71. The first-order valence-corrected chi connectivity index (χ1v) is 11.0. The average molecular weight is 403 g/mol. The number of ether oxygens (including phenoxy) is 1. The summed E-state index contributed by atoms with van der Waals surface area (Å²) in [4.78, 5) is 14.3. The molecule has 1 aliphatic rings. The third-order valence-electron chi connectivity index (χ3n) is 4.82. The molecule has 0 bridgehead atoms. The van der Waals surface area contributed by atoms with Crippen molar-refractivity contribution in [3.63, 3.8) is 0 Å². The molecule has 28 heavy (non-hydrogen) atoms. The molecule has 1 saturated heterocycles. The first kappa shape index (κ1) is 20.4. The summed E-state index contributed by atoms with van der Waals surface area (Å²) in [5.74, 6) is 0.505. The van der Waals surface area contributed by atoms with E-state index in [2.05, 4.69) is 0 Å². The van der Waals surface area contributed by atoms with Gasteiger partial charge in [-0.15, -0.1) is 0 Å². The molecule has 1 fully saturated rings. The zero-order chi connectivity index (χ0) is 20.1. The van der Waals surface area contributed by atoms with E-state index in [1.165, 1.54) is 4.31 Å². The quantitative estimate of drug-likeness (QED) is 0.744. The summed E-state index contributed by atoms with van der Waals surface area (Å²) in [5, 5.41) is 0. The Bertz CT molecular complexity index is 890. The molecule has 2 aromatic carbocycles. The zero-order valence-electron chi connectivity index (χ0n) is 16.2. The number of sulfonamides is 1. The Labute approximate surface area is 166 Å². The van der Waals surface area contributed by atoms with E-state index in [1.807, 2.05) is 49.4 Å². The second-order valence-electron chi connectivity index (χ2n) is 7.04. The van der Waals surface area contributed by atoms with Crippen LogP contribution in [0.15, 0.2) is 54.6 Å². The van der Waals surface area contributed by atoms with Crippen LogP contribution in [0.1, 0.15) is 18.1 Å². The Balaban J connectivity index is 1.54. The molecule has 150 valence electrons. The van der Waals surface area contributed by atoms with Crippen molar-refractivity contribution in [2.45, 2.75) is 25.7 Å². The second kappa shape index (κ2) is 8.75. The molecule has 0 radical (unpaired) electrons. The number of hydrogen-bond donors (Lipinski definition) is 0. The van der Waals surface area contributed by atoms with Crippen LogP contribution in [0.3, 0.4) is 0 Å². The van der Waals surface area contributed by atoms with Crippen LogP contribution in [-0.2, 0) is 20.6 Å². The van der Waals surface area contributed by atoms with Gasteiger partial charge in [0.25, 0.3) is 5.91 Å². The highest BCUT2D eigenvalue weighted by molar-refractivity contribution is 7.88. The number of carbonyl (C=O) groups excluding carboxylic acids is 1. The molecule has 0 saturated carbocycles. The number of aryl methyl sites for hydroxylation is 1. The summed E-state index contributed by atoms with van der Waals surface area (Å²) in [6.45, 7) is 5.06. The number of amides is 1. The van der Waals surface area contributed by atoms with Gasteiger partial charge >= 0.3 is 0 Å². The third kappa shape index (κ3) is 5.11. The van der Waals surface area contributed by atoms with Crippen molar-refractivity contribution in [3.8, 4) is 5.75 Å². The topological polar surface area (TPSA) is 66.9 Å². The third-order valence-corrected chi connectivity index (χ3v) is 6.67. The van der Waals surface area contributed by atoms with E-state index in [4.69, 9.17) is 4.74 Å². The molecule has 7 heteroatoms. The van der Waals surface area contributed by atoms with E-state index in [1.54, 1.807) is 24.0 Å². The molecule has 0 aromatic heterocycles. The molecular weight excluding hydrogens is 376 g/mol. The summed E-state index contributed by atoms with van der Waals surface area (Å²) in [6, 6.07) is 16.7. The fraction of sp³-hybridized carbons (Fsp3) is 0.381. The van der Waals surface area contributed by atoms with Crippen molar-refractivity contribution in [1.82, 2.24) is 9.21 Å². The van der Waals surface area contributed by atoms with Gasteiger partial charge in [0, 0.05) is 26.2 Å². The van der Waals surface area contributed by atoms with Gasteiger partial charge in [-0.05, 0) is 31.5 Å². The van der Waals surface area contributed by atoms with Crippen molar-refractivity contribution < 1.29 is 17.9 Å². The molecule has 1 aliphatic heterocycles. The molecule has 0 spiro atoms. The Morgan fingerprint density at radius 1 is 1.00 bits per heavy atom. The monoisotopic (exact) mass is 402 g/mol. The molecule has 1 atom stereocenters. The van der Waals surface area contributed by atoms with Crippen LogP contribution >= 0.6 is 0 Å². The van der Waals surface area contributed by atoms with E-state index < -0.39 is 16.1 Å². The SMILES string of the molecule is Cc1ccc(OC(C)C(=O)N2CCN(S(=O)(=O)Cc3ccccc3)CC2)cc1. The standard InChI is InChI=1S/C21H26N2O4S/c1-17-8-10-20(11-9-17)27-18(2)21(24)22-12-14-23(15-13-22)28(25,26)16-19-6-4-3-5-7-19/h3-11,18H,12-16H2,1-2H3. The minimum atomic E-state index is -3.39. The highest BCUT2D eigenvalue weighted by atomic mass is 32.2.